The van der Waals surface area contributed by atoms with Gasteiger partial charge in [0.05, 0.1) is 24.8 Å². The number of nitrogens with zero attached hydrogens (tertiary/aromatic N) is 1. The number of ether oxygens (including phenoxy) is 1. The van der Waals surface area contributed by atoms with Crippen molar-refractivity contribution in [3.8, 4) is 0 Å². The van der Waals surface area contributed by atoms with E-state index in [0.29, 0.717) is 5.56 Å². The number of aliphatic carboxylic acids is 1. The Balaban J connectivity index is 2.50. The summed E-state index contributed by atoms with van der Waals surface area (Å²) in [5.41, 5.74) is 0.705. The van der Waals surface area contributed by atoms with Crippen LogP contribution in [0.25, 0.3) is 0 Å². The van der Waals surface area contributed by atoms with E-state index in [1.165, 1.54) is 12.0 Å². The molecular formula is C15H17NO5S. The highest BCUT2D eigenvalue weighted by Gasteiger charge is 2.50. The van der Waals surface area contributed by atoms with Gasteiger partial charge in [0.2, 0.25) is 5.91 Å². The fourth-order valence-electron chi connectivity index (χ4n) is 2.92. The van der Waals surface area contributed by atoms with E-state index in [9.17, 15) is 19.5 Å². The highest BCUT2D eigenvalue weighted by Crippen LogP contribution is 2.42. The lowest BCUT2D eigenvalue weighted by Gasteiger charge is -2.29. The fraction of sp³-hybridized carbons (Fsp3) is 0.400. The molecule has 1 aromatic carbocycles. The molecule has 0 radical (unpaired) electrons. The van der Waals surface area contributed by atoms with Crippen LogP contribution in [0, 0.1) is 5.92 Å². The summed E-state index contributed by atoms with van der Waals surface area (Å²) in [6.07, 6.45) is 0.0289. The Kier molecular flexibility index (Phi) is 5.07. The van der Waals surface area contributed by atoms with Crippen molar-refractivity contribution in [3.05, 3.63) is 35.9 Å². The van der Waals surface area contributed by atoms with Gasteiger partial charge in [-0.15, -0.1) is 0 Å². The predicted molar refractivity (Wildman–Crippen MR) is 81.4 cm³/mol. The summed E-state index contributed by atoms with van der Waals surface area (Å²) in [4.78, 5) is 37.0. The smallest absolute Gasteiger partial charge is 0.326 e. The maximum atomic E-state index is 12.2. The van der Waals surface area contributed by atoms with Gasteiger partial charge in [0.15, 0.2) is 0 Å². The van der Waals surface area contributed by atoms with Crippen LogP contribution in [0.5, 0.6) is 0 Å². The van der Waals surface area contributed by atoms with Crippen molar-refractivity contribution < 1.29 is 24.2 Å². The summed E-state index contributed by atoms with van der Waals surface area (Å²) in [5.74, 6) is -2.91. The minimum atomic E-state index is -1.14. The van der Waals surface area contributed by atoms with Crippen molar-refractivity contribution in [3.63, 3.8) is 0 Å². The minimum absolute atomic E-state index is 0.0289. The molecule has 2 rings (SSSR count). The molecule has 1 N–H and O–H groups in total. The third kappa shape index (κ3) is 2.94. The molecule has 1 heterocycles. The highest BCUT2D eigenvalue weighted by atomic mass is 32.1. The molecule has 0 aliphatic carbocycles. The van der Waals surface area contributed by atoms with Crippen LogP contribution >= 0.6 is 12.6 Å². The number of benzene rings is 1. The van der Waals surface area contributed by atoms with E-state index in [0.717, 1.165) is 0 Å². The zero-order chi connectivity index (χ0) is 16.3. The first-order chi connectivity index (χ1) is 10.5. The second kappa shape index (κ2) is 6.83. The number of hydrogen-bond donors (Lipinski definition) is 2. The lowest BCUT2D eigenvalue weighted by molar-refractivity contribution is -0.149. The molecule has 1 fully saturated rings. The second-order valence-electron chi connectivity index (χ2n) is 5.03. The normalized spacial score (nSPS) is 24.1. The van der Waals surface area contributed by atoms with Crippen LogP contribution < -0.4 is 0 Å². The number of carboxylic acid groups (broad SMARTS) is 1. The Morgan fingerprint density at radius 1 is 1.32 bits per heavy atom. The predicted octanol–water partition coefficient (Wildman–Crippen LogP) is 1.13. The van der Waals surface area contributed by atoms with Gasteiger partial charge in [-0.05, 0) is 12.0 Å². The summed E-state index contributed by atoms with van der Waals surface area (Å²) in [7, 11) is 1.25. The molecule has 6 nitrogen and oxygen atoms in total. The molecule has 1 aromatic rings. The topological polar surface area (TPSA) is 83.9 Å². The Labute approximate surface area is 133 Å². The monoisotopic (exact) mass is 323 g/mol. The molecule has 0 bridgehead atoms. The van der Waals surface area contributed by atoms with Crippen molar-refractivity contribution in [2.75, 3.05) is 12.9 Å². The van der Waals surface area contributed by atoms with Crippen molar-refractivity contribution >= 4 is 30.5 Å². The van der Waals surface area contributed by atoms with Crippen molar-refractivity contribution in [2.45, 2.75) is 18.5 Å². The van der Waals surface area contributed by atoms with Crippen LogP contribution in [-0.2, 0) is 19.1 Å². The van der Waals surface area contributed by atoms with Crippen LogP contribution in [0.2, 0.25) is 0 Å². The lowest BCUT2D eigenvalue weighted by Crippen LogP contribution is -2.43. The first-order valence-corrected chi connectivity index (χ1v) is 7.42. The van der Waals surface area contributed by atoms with E-state index in [1.54, 1.807) is 24.3 Å². The largest absolute Gasteiger partial charge is 0.480 e. The molecule has 1 saturated heterocycles. The number of thiol groups is 1. The van der Waals surface area contributed by atoms with Crippen LogP contribution in [-0.4, -0.2) is 46.8 Å². The molecule has 0 unspecified atom stereocenters. The maximum Gasteiger partial charge on any atom is 0.326 e. The van der Waals surface area contributed by atoms with Gasteiger partial charge in [0, 0.05) is 0 Å². The zero-order valence-corrected chi connectivity index (χ0v) is 12.9. The molecule has 0 aromatic heterocycles. The van der Waals surface area contributed by atoms with Gasteiger partial charge < -0.3 is 14.7 Å². The van der Waals surface area contributed by atoms with Gasteiger partial charge in [-0.25, -0.2) is 4.79 Å². The number of carboxylic acids is 1. The van der Waals surface area contributed by atoms with Gasteiger partial charge in [-0.2, -0.15) is 12.6 Å². The number of carbonyl (C=O) groups is 3. The first-order valence-electron chi connectivity index (χ1n) is 6.78. The third-order valence-electron chi connectivity index (χ3n) is 3.85. The zero-order valence-electron chi connectivity index (χ0n) is 12.0. The van der Waals surface area contributed by atoms with Gasteiger partial charge >= 0.3 is 11.9 Å². The summed E-state index contributed by atoms with van der Waals surface area (Å²) in [6, 6.07) is 7.18. The molecular weight excluding hydrogens is 306 g/mol. The molecule has 3 atom stereocenters. The van der Waals surface area contributed by atoms with Crippen molar-refractivity contribution in [1.29, 1.82) is 0 Å². The molecule has 7 heteroatoms. The Hall–Kier alpha value is -2.02. The van der Waals surface area contributed by atoms with E-state index < -0.39 is 35.8 Å². The standard InChI is InChI=1S/C15H17NO5S/c1-21-15(20)10-7-11(14(18)19)16(12(17)8-22)13(10)9-5-3-2-4-6-9/h2-6,10-11,13,22H,7-8H2,1H3,(H,18,19)/t10-,11-,13-/m0/s1. The summed E-state index contributed by atoms with van der Waals surface area (Å²) < 4.78 is 4.79. The van der Waals surface area contributed by atoms with Crippen molar-refractivity contribution in [1.82, 2.24) is 4.90 Å². The van der Waals surface area contributed by atoms with Crippen LogP contribution in [0.15, 0.2) is 30.3 Å². The number of rotatable bonds is 4. The first kappa shape index (κ1) is 16.4. The minimum Gasteiger partial charge on any atom is -0.480 e. The molecule has 0 spiro atoms. The third-order valence-corrected chi connectivity index (χ3v) is 4.12. The van der Waals surface area contributed by atoms with Crippen molar-refractivity contribution in [2.24, 2.45) is 5.92 Å². The Bertz CT molecular complexity index is 577. The maximum absolute atomic E-state index is 12.2. The van der Waals surface area contributed by atoms with Gasteiger partial charge in [0.25, 0.3) is 0 Å². The molecule has 22 heavy (non-hydrogen) atoms. The average Bonchev–Trinajstić information content (AvgIpc) is 2.94. The van der Waals surface area contributed by atoms with E-state index in [2.05, 4.69) is 12.6 Å². The second-order valence-corrected chi connectivity index (χ2v) is 5.35. The van der Waals surface area contributed by atoms with E-state index in [-0.39, 0.29) is 12.2 Å². The molecule has 0 saturated carbocycles. The number of hydrogen-bond acceptors (Lipinski definition) is 5. The number of likely N-dealkylation sites (tertiary alicyclic amines) is 1. The van der Waals surface area contributed by atoms with E-state index in [4.69, 9.17) is 4.74 Å². The van der Waals surface area contributed by atoms with Gasteiger partial charge in [0.1, 0.15) is 6.04 Å². The Morgan fingerprint density at radius 2 is 1.95 bits per heavy atom. The van der Waals surface area contributed by atoms with Gasteiger partial charge in [-0.3, -0.25) is 9.59 Å². The number of methoxy groups -OCH3 is 1. The van der Waals surface area contributed by atoms with Crippen LogP contribution in [0.4, 0.5) is 0 Å². The summed E-state index contributed by atoms with van der Waals surface area (Å²) in [6.45, 7) is 0. The molecule has 1 aliphatic rings. The summed E-state index contributed by atoms with van der Waals surface area (Å²) in [5, 5.41) is 9.39. The number of esters is 1. The number of carbonyl (C=O) groups excluding carboxylic acids is 2. The van der Waals surface area contributed by atoms with Crippen LogP contribution in [0.1, 0.15) is 18.0 Å². The van der Waals surface area contributed by atoms with Gasteiger partial charge in [-0.1, -0.05) is 30.3 Å². The number of amides is 1. The lowest BCUT2D eigenvalue weighted by atomic mass is 9.93. The Morgan fingerprint density at radius 3 is 2.45 bits per heavy atom. The molecule has 1 amide bonds. The van der Waals surface area contributed by atoms with E-state index >= 15 is 0 Å². The fourth-order valence-corrected chi connectivity index (χ4v) is 3.08. The SMILES string of the molecule is COC(=O)[C@H]1C[C@@H](C(=O)O)N(C(=O)CS)[C@H]1c1ccccc1. The van der Waals surface area contributed by atoms with E-state index in [1.807, 2.05) is 6.07 Å². The molecule has 1 aliphatic heterocycles. The van der Waals surface area contributed by atoms with Crippen LogP contribution in [0.3, 0.4) is 0 Å². The molecule has 118 valence electrons. The quantitative estimate of drug-likeness (QED) is 0.641. The average molecular weight is 323 g/mol. The summed E-state index contributed by atoms with van der Waals surface area (Å²) >= 11 is 3.96. The highest BCUT2D eigenvalue weighted by molar-refractivity contribution is 7.81.